The molecule has 0 aromatic carbocycles. The van der Waals surface area contributed by atoms with Crippen molar-refractivity contribution in [1.29, 1.82) is 0 Å². The minimum atomic E-state index is -0.545. The molecule has 1 heterocycles. The minimum Gasteiger partial charge on any atom is -0.391 e. The lowest BCUT2D eigenvalue weighted by atomic mass is 9.77. The predicted octanol–water partition coefficient (Wildman–Crippen LogP) is 1.38. The van der Waals surface area contributed by atoms with E-state index in [0.29, 0.717) is 16.6 Å². The molecule has 2 rings (SSSR count). The van der Waals surface area contributed by atoms with Gasteiger partial charge in [-0.25, -0.2) is 0 Å². The molecule has 6 heteroatoms. The third kappa shape index (κ3) is 2.94. The maximum absolute atomic E-state index is 12.2. The normalized spacial score (nSPS) is 26.9. The number of carbonyl (C=O) groups is 1. The Balaban J connectivity index is 2.13. The van der Waals surface area contributed by atoms with Crippen LogP contribution in [-0.2, 0) is 7.05 Å². The lowest BCUT2D eigenvalue weighted by molar-refractivity contribution is 0.0895. The molecule has 0 bridgehead atoms. The second kappa shape index (κ2) is 5.28. The first kappa shape index (κ1) is 14.0. The van der Waals surface area contributed by atoms with Crippen molar-refractivity contribution in [3.8, 4) is 0 Å². The lowest BCUT2D eigenvalue weighted by Crippen LogP contribution is -2.58. The zero-order valence-electron chi connectivity index (χ0n) is 11.3. The maximum Gasteiger partial charge on any atom is 0.272 e. The number of nitrogens with two attached hydrogens (primary N) is 1. The van der Waals surface area contributed by atoms with Crippen molar-refractivity contribution in [1.82, 2.24) is 15.1 Å². The third-order valence-corrected chi connectivity index (χ3v) is 4.29. The average molecular weight is 280 g/mol. The van der Waals surface area contributed by atoms with Gasteiger partial charge in [0.2, 0.25) is 0 Å². The van der Waals surface area contributed by atoms with Crippen molar-refractivity contribution in [2.45, 2.75) is 38.1 Å². The molecule has 1 amide bonds. The number of hydrogen-bond acceptors (Lipinski definition) is 3. The topological polar surface area (TPSA) is 72.9 Å². The molecule has 0 unspecified atom stereocenters. The molecule has 0 aliphatic heterocycles. The first-order valence-electron chi connectivity index (χ1n) is 6.55. The van der Waals surface area contributed by atoms with E-state index in [1.807, 2.05) is 0 Å². The Bertz CT molecular complexity index is 489. The molecule has 0 saturated heterocycles. The van der Waals surface area contributed by atoms with Gasteiger partial charge in [0.05, 0.1) is 10.5 Å². The second-order valence-corrected chi connectivity index (χ2v) is 5.90. The fraction of sp³-hybridized carbons (Fsp3) is 0.615. The maximum atomic E-state index is 12.2. The minimum absolute atomic E-state index is 0.206. The predicted molar refractivity (Wildman–Crippen MR) is 77.8 cm³/mol. The summed E-state index contributed by atoms with van der Waals surface area (Å²) < 4.78 is 1.60. The number of thiocarbonyl (C=S) groups is 1. The Labute approximate surface area is 118 Å². The highest BCUT2D eigenvalue weighted by molar-refractivity contribution is 7.80. The molecule has 1 fully saturated rings. The first-order chi connectivity index (χ1) is 8.93. The van der Waals surface area contributed by atoms with Crippen molar-refractivity contribution >= 4 is 23.1 Å². The summed E-state index contributed by atoms with van der Waals surface area (Å²) in [4.78, 5) is 12.6. The van der Waals surface area contributed by atoms with E-state index in [1.54, 1.807) is 24.0 Å². The molecular weight excluding hydrogens is 260 g/mol. The summed E-state index contributed by atoms with van der Waals surface area (Å²) >= 11 is 5.18. The third-order valence-electron chi connectivity index (χ3n) is 3.90. The van der Waals surface area contributed by atoms with E-state index < -0.39 is 5.54 Å². The van der Waals surface area contributed by atoms with Crippen LogP contribution >= 0.6 is 12.2 Å². The van der Waals surface area contributed by atoms with Crippen molar-refractivity contribution in [3.05, 3.63) is 18.0 Å². The number of hydrogen-bond donors (Lipinski definition) is 2. The van der Waals surface area contributed by atoms with Gasteiger partial charge in [-0.1, -0.05) is 19.1 Å². The molecule has 1 aliphatic carbocycles. The van der Waals surface area contributed by atoms with Crippen LogP contribution in [0.1, 0.15) is 43.1 Å². The molecule has 0 atom stereocenters. The van der Waals surface area contributed by atoms with Crippen LogP contribution in [-0.4, -0.2) is 26.2 Å². The number of nitrogens with zero attached hydrogens (tertiary/aromatic N) is 2. The Hall–Kier alpha value is -1.43. The van der Waals surface area contributed by atoms with E-state index in [2.05, 4.69) is 17.3 Å². The monoisotopic (exact) mass is 280 g/mol. The van der Waals surface area contributed by atoms with Gasteiger partial charge in [-0.15, -0.1) is 0 Å². The molecule has 0 spiro atoms. The van der Waals surface area contributed by atoms with E-state index in [4.69, 9.17) is 18.0 Å². The SMILES string of the molecule is CC1CCC(NC(=O)c2ccn(C)n2)(C(N)=S)CC1. The summed E-state index contributed by atoms with van der Waals surface area (Å²) in [5, 5.41) is 7.10. The van der Waals surface area contributed by atoms with Gasteiger partial charge in [-0.05, 0) is 37.7 Å². The lowest BCUT2D eigenvalue weighted by Gasteiger charge is -2.39. The molecule has 1 aromatic heterocycles. The van der Waals surface area contributed by atoms with Gasteiger partial charge in [0.15, 0.2) is 0 Å². The smallest absolute Gasteiger partial charge is 0.272 e. The van der Waals surface area contributed by atoms with E-state index in [1.165, 1.54) is 0 Å². The van der Waals surface area contributed by atoms with E-state index in [9.17, 15) is 4.79 Å². The molecule has 1 aliphatic rings. The fourth-order valence-electron chi connectivity index (χ4n) is 2.51. The van der Waals surface area contributed by atoms with Gasteiger partial charge in [0.25, 0.3) is 5.91 Å². The first-order valence-corrected chi connectivity index (χ1v) is 6.96. The number of aryl methyl sites for hydroxylation is 1. The van der Waals surface area contributed by atoms with E-state index >= 15 is 0 Å². The highest BCUT2D eigenvalue weighted by atomic mass is 32.1. The van der Waals surface area contributed by atoms with Crippen LogP contribution in [0.25, 0.3) is 0 Å². The summed E-state index contributed by atoms with van der Waals surface area (Å²) in [5.41, 5.74) is 5.72. The van der Waals surface area contributed by atoms with Crippen molar-refractivity contribution in [3.63, 3.8) is 0 Å². The fourth-order valence-corrected chi connectivity index (χ4v) is 2.76. The Morgan fingerprint density at radius 2 is 2.21 bits per heavy atom. The average Bonchev–Trinajstić information content (AvgIpc) is 2.79. The Morgan fingerprint density at radius 3 is 2.68 bits per heavy atom. The number of amides is 1. The van der Waals surface area contributed by atoms with Gasteiger partial charge in [0, 0.05) is 13.2 Å². The van der Waals surface area contributed by atoms with Gasteiger partial charge < -0.3 is 11.1 Å². The number of nitrogens with one attached hydrogen (secondary N) is 1. The van der Waals surface area contributed by atoms with E-state index in [0.717, 1.165) is 25.7 Å². The zero-order chi connectivity index (χ0) is 14.0. The Morgan fingerprint density at radius 1 is 1.58 bits per heavy atom. The molecule has 104 valence electrons. The van der Waals surface area contributed by atoms with Crippen molar-refractivity contribution in [2.24, 2.45) is 18.7 Å². The molecule has 19 heavy (non-hydrogen) atoms. The Kier molecular flexibility index (Phi) is 3.89. The van der Waals surface area contributed by atoms with Crippen LogP contribution in [0.15, 0.2) is 12.3 Å². The van der Waals surface area contributed by atoms with Gasteiger partial charge >= 0.3 is 0 Å². The number of aromatic nitrogens is 2. The van der Waals surface area contributed by atoms with Gasteiger partial charge in [0.1, 0.15) is 5.69 Å². The molecule has 0 radical (unpaired) electrons. The summed E-state index contributed by atoms with van der Waals surface area (Å²) in [6.07, 6.45) is 5.41. The van der Waals surface area contributed by atoms with Crippen LogP contribution in [0.3, 0.4) is 0 Å². The largest absolute Gasteiger partial charge is 0.391 e. The van der Waals surface area contributed by atoms with Gasteiger partial charge in [-0.2, -0.15) is 5.10 Å². The van der Waals surface area contributed by atoms with Crippen LogP contribution in [0.5, 0.6) is 0 Å². The van der Waals surface area contributed by atoms with E-state index in [-0.39, 0.29) is 5.91 Å². The summed E-state index contributed by atoms with van der Waals surface area (Å²) in [6.45, 7) is 2.21. The van der Waals surface area contributed by atoms with Crippen LogP contribution in [0.4, 0.5) is 0 Å². The summed E-state index contributed by atoms with van der Waals surface area (Å²) in [5.74, 6) is 0.456. The zero-order valence-corrected chi connectivity index (χ0v) is 12.2. The van der Waals surface area contributed by atoms with Crippen LogP contribution in [0.2, 0.25) is 0 Å². The highest BCUT2D eigenvalue weighted by Crippen LogP contribution is 2.32. The van der Waals surface area contributed by atoms with Gasteiger partial charge in [-0.3, -0.25) is 9.48 Å². The van der Waals surface area contributed by atoms with Crippen LogP contribution < -0.4 is 11.1 Å². The van der Waals surface area contributed by atoms with Crippen molar-refractivity contribution < 1.29 is 4.79 Å². The van der Waals surface area contributed by atoms with Crippen LogP contribution in [0, 0.1) is 5.92 Å². The summed E-state index contributed by atoms with van der Waals surface area (Å²) in [7, 11) is 1.78. The number of carbonyl (C=O) groups excluding carboxylic acids is 1. The summed E-state index contributed by atoms with van der Waals surface area (Å²) in [6, 6.07) is 1.69. The molecule has 1 saturated carbocycles. The quantitative estimate of drug-likeness (QED) is 0.821. The molecule has 3 N–H and O–H groups in total. The molecular formula is C13H20N4OS. The molecule has 1 aromatic rings. The highest BCUT2D eigenvalue weighted by Gasteiger charge is 2.38. The number of rotatable bonds is 3. The molecule has 5 nitrogen and oxygen atoms in total. The second-order valence-electron chi connectivity index (χ2n) is 5.46. The standard InChI is InChI=1S/C13H20N4OS/c1-9-3-6-13(7-4-9,12(14)19)15-11(18)10-5-8-17(2)16-10/h5,8-9H,3-4,6-7H2,1-2H3,(H2,14,19)(H,15,18). The van der Waals surface area contributed by atoms with Crippen molar-refractivity contribution in [2.75, 3.05) is 0 Å².